The number of ether oxygens (including phenoxy) is 1. The van der Waals surface area contributed by atoms with Crippen LogP contribution in [0.1, 0.15) is 40.5 Å². The average Bonchev–Trinajstić information content (AvgIpc) is 2.06. The minimum Gasteiger partial charge on any atom is -0.480 e. The van der Waals surface area contributed by atoms with Crippen LogP contribution in [0.5, 0.6) is 0 Å². The van der Waals surface area contributed by atoms with Gasteiger partial charge in [0.05, 0.1) is 0 Å². The third kappa shape index (κ3) is 8.72. The van der Waals surface area contributed by atoms with Crippen molar-refractivity contribution in [3.05, 3.63) is 0 Å². The van der Waals surface area contributed by atoms with Gasteiger partial charge in [0.2, 0.25) is 5.92 Å². The summed E-state index contributed by atoms with van der Waals surface area (Å²) in [6.07, 6.45) is -1.92. The number of aliphatic carboxylic acids is 1. The Kier molecular flexibility index (Phi) is 5.51. The van der Waals surface area contributed by atoms with Crippen molar-refractivity contribution in [3.63, 3.8) is 0 Å². The van der Waals surface area contributed by atoms with E-state index in [0.29, 0.717) is 6.92 Å². The minimum absolute atomic E-state index is 0.363. The van der Waals surface area contributed by atoms with Crippen molar-refractivity contribution in [1.82, 2.24) is 5.32 Å². The van der Waals surface area contributed by atoms with Gasteiger partial charge < -0.3 is 15.2 Å². The molecule has 0 saturated carbocycles. The van der Waals surface area contributed by atoms with Crippen LogP contribution in [0.2, 0.25) is 0 Å². The summed E-state index contributed by atoms with van der Waals surface area (Å²) in [4.78, 5) is 22.1. The van der Waals surface area contributed by atoms with Crippen LogP contribution in [0, 0.1) is 0 Å². The van der Waals surface area contributed by atoms with E-state index in [1.807, 2.05) is 0 Å². The zero-order valence-corrected chi connectivity index (χ0v) is 10.9. The van der Waals surface area contributed by atoms with E-state index in [-0.39, 0.29) is 6.42 Å². The first-order valence-electron chi connectivity index (χ1n) is 5.51. The summed E-state index contributed by atoms with van der Waals surface area (Å²) in [6, 6.07) is -1.38. The number of alkyl halides is 2. The molecule has 106 valence electrons. The van der Waals surface area contributed by atoms with Crippen LogP contribution >= 0.6 is 0 Å². The molecule has 0 radical (unpaired) electrons. The molecule has 5 nitrogen and oxygen atoms in total. The Morgan fingerprint density at radius 1 is 1.28 bits per heavy atom. The van der Waals surface area contributed by atoms with Crippen molar-refractivity contribution in [3.8, 4) is 0 Å². The Hall–Kier alpha value is -1.40. The monoisotopic (exact) mass is 267 g/mol. The molecule has 2 N–H and O–H groups in total. The number of carbonyl (C=O) groups excluding carboxylic acids is 1. The van der Waals surface area contributed by atoms with Crippen molar-refractivity contribution in [1.29, 1.82) is 0 Å². The van der Waals surface area contributed by atoms with E-state index in [2.05, 4.69) is 5.32 Å². The first kappa shape index (κ1) is 16.6. The third-order valence-corrected chi connectivity index (χ3v) is 1.86. The number of carboxylic acids is 1. The predicted molar refractivity (Wildman–Crippen MR) is 60.6 cm³/mol. The van der Waals surface area contributed by atoms with Crippen LogP contribution < -0.4 is 5.32 Å². The Morgan fingerprint density at radius 2 is 1.78 bits per heavy atom. The van der Waals surface area contributed by atoms with Gasteiger partial charge in [0.1, 0.15) is 11.6 Å². The lowest BCUT2D eigenvalue weighted by atomic mass is 10.1. The summed E-state index contributed by atoms with van der Waals surface area (Å²) in [7, 11) is 0. The highest BCUT2D eigenvalue weighted by atomic mass is 19.3. The Morgan fingerprint density at radius 3 is 2.11 bits per heavy atom. The van der Waals surface area contributed by atoms with E-state index < -0.39 is 36.0 Å². The number of carboxylic acid groups (broad SMARTS) is 1. The molecule has 0 fully saturated rings. The molecule has 0 saturated heterocycles. The lowest BCUT2D eigenvalue weighted by Gasteiger charge is -2.22. The minimum atomic E-state index is -2.97. The van der Waals surface area contributed by atoms with Gasteiger partial charge in [-0.1, -0.05) is 0 Å². The summed E-state index contributed by atoms with van der Waals surface area (Å²) >= 11 is 0. The molecule has 1 amide bonds. The highest BCUT2D eigenvalue weighted by Crippen LogP contribution is 2.20. The molecule has 0 bridgehead atoms. The van der Waals surface area contributed by atoms with Gasteiger partial charge in [0.25, 0.3) is 0 Å². The van der Waals surface area contributed by atoms with Crippen LogP contribution in [0.25, 0.3) is 0 Å². The van der Waals surface area contributed by atoms with E-state index in [1.54, 1.807) is 20.8 Å². The molecular weight excluding hydrogens is 248 g/mol. The highest BCUT2D eigenvalue weighted by Gasteiger charge is 2.28. The van der Waals surface area contributed by atoms with Gasteiger partial charge in [-0.25, -0.2) is 18.4 Å². The second kappa shape index (κ2) is 5.97. The normalized spacial score (nSPS) is 13.9. The van der Waals surface area contributed by atoms with E-state index in [9.17, 15) is 18.4 Å². The fourth-order valence-corrected chi connectivity index (χ4v) is 1.10. The zero-order chi connectivity index (χ0) is 14.6. The van der Waals surface area contributed by atoms with E-state index >= 15 is 0 Å². The van der Waals surface area contributed by atoms with E-state index in [4.69, 9.17) is 9.84 Å². The van der Waals surface area contributed by atoms with Crippen molar-refractivity contribution in [2.75, 3.05) is 0 Å². The largest absolute Gasteiger partial charge is 0.480 e. The SMILES string of the molecule is CC(F)(F)CCC(NC(=O)OC(C)(C)C)C(=O)O. The first-order chi connectivity index (χ1) is 7.91. The zero-order valence-electron chi connectivity index (χ0n) is 10.9. The van der Waals surface area contributed by atoms with Crippen LogP contribution in [0.15, 0.2) is 0 Å². The summed E-state index contributed by atoms with van der Waals surface area (Å²) in [5.41, 5.74) is -0.776. The topological polar surface area (TPSA) is 75.6 Å². The number of halogens is 2. The van der Waals surface area contributed by atoms with Gasteiger partial charge >= 0.3 is 12.1 Å². The molecule has 1 unspecified atom stereocenters. The van der Waals surface area contributed by atoms with Gasteiger partial charge in [0.15, 0.2) is 0 Å². The standard InChI is InChI=1S/C11H19F2NO4/c1-10(2,3)18-9(17)14-7(8(15)16)5-6-11(4,12)13/h7H,5-6H2,1-4H3,(H,14,17)(H,15,16). The molecule has 18 heavy (non-hydrogen) atoms. The average molecular weight is 267 g/mol. The van der Waals surface area contributed by atoms with Gasteiger partial charge in [-0.15, -0.1) is 0 Å². The maximum Gasteiger partial charge on any atom is 0.408 e. The van der Waals surface area contributed by atoms with Crippen LogP contribution in [-0.4, -0.2) is 34.7 Å². The number of amides is 1. The second-order valence-electron chi connectivity index (χ2n) is 5.15. The number of carbonyl (C=O) groups is 2. The summed E-state index contributed by atoms with van der Waals surface area (Å²) < 4.78 is 30.1. The molecule has 0 rings (SSSR count). The molecule has 0 aliphatic rings. The van der Waals surface area contributed by atoms with Crippen molar-refractivity contribution in [2.45, 2.75) is 58.1 Å². The van der Waals surface area contributed by atoms with Crippen LogP contribution in [-0.2, 0) is 9.53 Å². The van der Waals surface area contributed by atoms with Gasteiger partial charge in [-0.3, -0.25) is 0 Å². The second-order valence-corrected chi connectivity index (χ2v) is 5.15. The lowest BCUT2D eigenvalue weighted by molar-refractivity contribution is -0.140. The number of rotatable bonds is 5. The number of alkyl carbamates (subject to hydrolysis) is 1. The molecule has 0 aliphatic carbocycles. The fourth-order valence-electron chi connectivity index (χ4n) is 1.10. The van der Waals surface area contributed by atoms with Gasteiger partial charge in [0, 0.05) is 6.42 Å². The van der Waals surface area contributed by atoms with Crippen molar-refractivity contribution in [2.24, 2.45) is 0 Å². The Balaban J connectivity index is 4.37. The Bertz CT molecular complexity index is 307. The molecule has 7 heteroatoms. The van der Waals surface area contributed by atoms with Crippen molar-refractivity contribution < 1.29 is 28.2 Å². The lowest BCUT2D eigenvalue weighted by Crippen LogP contribution is -2.44. The highest BCUT2D eigenvalue weighted by molar-refractivity contribution is 5.79. The molecule has 0 aliphatic heterocycles. The summed E-state index contributed by atoms with van der Waals surface area (Å²) in [5.74, 6) is -4.34. The quantitative estimate of drug-likeness (QED) is 0.802. The smallest absolute Gasteiger partial charge is 0.408 e. The fraction of sp³-hybridized carbons (Fsp3) is 0.818. The number of hydrogen-bond acceptors (Lipinski definition) is 3. The number of nitrogens with one attached hydrogen (secondary N) is 1. The van der Waals surface area contributed by atoms with Crippen molar-refractivity contribution >= 4 is 12.1 Å². The van der Waals surface area contributed by atoms with Gasteiger partial charge in [-0.05, 0) is 34.1 Å². The molecule has 0 spiro atoms. The van der Waals surface area contributed by atoms with Crippen LogP contribution in [0.3, 0.4) is 0 Å². The maximum atomic E-state index is 12.6. The molecule has 0 aromatic rings. The molecule has 0 heterocycles. The predicted octanol–water partition coefficient (Wildman–Crippen LogP) is 2.40. The van der Waals surface area contributed by atoms with Gasteiger partial charge in [-0.2, -0.15) is 0 Å². The maximum absolute atomic E-state index is 12.6. The summed E-state index contributed by atoms with van der Waals surface area (Å²) in [5, 5.41) is 10.9. The molecular formula is C11H19F2NO4. The molecule has 1 atom stereocenters. The Labute approximate surface area is 105 Å². The first-order valence-corrected chi connectivity index (χ1v) is 5.51. The van der Waals surface area contributed by atoms with E-state index in [1.165, 1.54) is 0 Å². The molecule has 0 aromatic carbocycles. The van der Waals surface area contributed by atoms with Crippen LogP contribution in [0.4, 0.5) is 13.6 Å². The molecule has 0 aromatic heterocycles. The number of hydrogen-bond donors (Lipinski definition) is 2. The van der Waals surface area contributed by atoms with E-state index in [0.717, 1.165) is 0 Å². The summed E-state index contributed by atoms with van der Waals surface area (Å²) in [6.45, 7) is 5.53. The third-order valence-electron chi connectivity index (χ3n) is 1.86.